The van der Waals surface area contributed by atoms with Crippen LogP contribution in [0.5, 0.6) is 0 Å². The Kier molecular flexibility index (Phi) is 15.1. The van der Waals surface area contributed by atoms with Crippen molar-refractivity contribution >= 4 is 86.6 Å². The van der Waals surface area contributed by atoms with E-state index in [9.17, 15) is 30.6 Å². The molecule has 0 radical (unpaired) electrons. The fourth-order valence-electron chi connectivity index (χ4n) is 8.70. The quantitative estimate of drug-likeness (QED) is 0.0666. The number of thioether (sulfide) groups is 2. The summed E-state index contributed by atoms with van der Waals surface area (Å²) in [5, 5.41) is 40.1. The average molecular weight is 901 g/mol. The summed E-state index contributed by atoms with van der Waals surface area (Å²) in [6.45, 7) is 9.06. The van der Waals surface area contributed by atoms with Gasteiger partial charge in [-0.25, -0.2) is 0 Å². The number of fused-ring (bicyclic) bond motifs is 5. The molecule has 63 heavy (non-hydrogen) atoms. The number of ketones is 2. The number of hydrogen-bond donors (Lipinski definition) is 0. The lowest BCUT2D eigenvalue weighted by atomic mass is 9.99. The molecule has 0 bridgehead atoms. The predicted octanol–water partition coefficient (Wildman–Crippen LogP) is 15.0. The lowest BCUT2D eigenvalue weighted by Crippen LogP contribution is -2.05. The van der Waals surface area contributed by atoms with Gasteiger partial charge in [-0.1, -0.05) is 115 Å². The zero-order valence-electron chi connectivity index (χ0n) is 36.1. The summed E-state index contributed by atoms with van der Waals surface area (Å²) in [4.78, 5) is 31.8. The molecule has 3 aliphatic rings. The van der Waals surface area contributed by atoms with Crippen LogP contribution in [0.15, 0.2) is 87.2 Å². The molecule has 0 saturated heterocycles. The Hall–Kier alpha value is -5.46. The standard InChI is InChI=1S/C53H48N4O2S4/c1-5-9-16-32(8-4)30-60-53(61-31-33(15-7-3)17-10-6-2)48-44-24-36(22-42-46(34(26-54)27-55)38-18-11-13-20-40(38)49(42)58)62-51(44)52-45(48)25-37(63-52)23-43-47(35(28-56)29-57)39-19-12-14-21-41(39)50(43)59/h11-14,18-25,32-33H,5-10,15-17,30-31H2,1-4H3/b42-22-,43-23-. The third-order valence-corrected chi connectivity index (χ3v) is 17.2. The Morgan fingerprint density at radius 1 is 0.571 bits per heavy atom. The molecular formula is C53H48N4O2S4. The van der Waals surface area contributed by atoms with Crippen molar-refractivity contribution in [1.82, 2.24) is 0 Å². The molecule has 2 unspecified atom stereocenters. The highest BCUT2D eigenvalue weighted by Crippen LogP contribution is 2.57. The number of benzene rings is 2. The number of thiophene rings is 2. The molecule has 6 nitrogen and oxygen atoms in total. The molecule has 0 amide bonds. The van der Waals surface area contributed by atoms with Crippen molar-refractivity contribution in [3.63, 3.8) is 0 Å². The van der Waals surface area contributed by atoms with Gasteiger partial charge in [0.05, 0.1) is 9.75 Å². The van der Waals surface area contributed by atoms with Crippen molar-refractivity contribution in [2.24, 2.45) is 11.8 Å². The minimum absolute atomic E-state index is 0.0937. The molecule has 2 aromatic carbocycles. The normalized spacial score (nSPS) is 15.7. The Balaban J connectivity index is 1.43. The van der Waals surface area contributed by atoms with Crippen LogP contribution in [-0.2, 0) is 0 Å². The van der Waals surface area contributed by atoms with Gasteiger partial charge < -0.3 is 0 Å². The monoisotopic (exact) mass is 900 g/mol. The molecule has 2 heterocycles. The van der Waals surface area contributed by atoms with Gasteiger partial charge in [0.2, 0.25) is 0 Å². The summed E-state index contributed by atoms with van der Waals surface area (Å²) in [5.74, 6) is 2.76. The lowest BCUT2D eigenvalue weighted by molar-refractivity contribution is 0.103. The highest BCUT2D eigenvalue weighted by atomic mass is 32.2. The van der Waals surface area contributed by atoms with E-state index in [2.05, 4.69) is 39.8 Å². The Morgan fingerprint density at radius 2 is 1.00 bits per heavy atom. The van der Waals surface area contributed by atoms with Crippen LogP contribution in [0, 0.1) is 57.2 Å². The van der Waals surface area contributed by atoms with Gasteiger partial charge in [0.15, 0.2) is 11.6 Å². The van der Waals surface area contributed by atoms with Crippen LogP contribution in [0.25, 0.3) is 38.6 Å². The molecule has 2 atom stereocenters. The molecule has 0 fully saturated rings. The van der Waals surface area contributed by atoms with E-state index in [1.165, 1.54) is 42.8 Å². The Bertz CT molecular complexity index is 2620. The van der Waals surface area contributed by atoms with Crippen LogP contribution in [0.3, 0.4) is 0 Å². The van der Waals surface area contributed by atoms with Crippen LogP contribution >= 0.6 is 46.2 Å². The Morgan fingerprint density at radius 3 is 1.41 bits per heavy atom. The van der Waals surface area contributed by atoms with E-state index in [-0.39, 0.29) is 22.7 Å². The first kappa shape index (κ1) is 45.6. The number of Topliss-reactive ketones (excluding diaryl/α,β-unsaturated/α-hetero) is 2. The van der Waals surface area contributed by atoms with Crippen LogP contribution in [0.4, 0.5) is 0 Å². The summed E-state index contributed by atoms with van der Waals surface area (Å²) >= 11 is 7.08. The van der Waals surface area contributed by atoms with Gasteiger partial charge in [-0.05, 0) is 66.5 Å². The van der Waals surface area contributed by atoms with Crippen LogP contribution in [0.1, 0.15) is 138 Å². The number of hydrogen-bond acceptors (Lipinski definition) is 10. The number of carbonyl (C=O) groups excluding carboxylic acids is 2. The molecule has 0 N–H and O–H groups in total. The van der Waals surface area contributed by atoms with Crippen molar-refractivity contribution in [1.29, 1.82) is 21.0 Å². The number of nitriles is 4. The molecule has 4 aromatic rings. The Labute approximate surface area is 388 Å². The molecule has 316 valence electrons. The third-order valence-electron chi connectivity index (χ3n) is 12.0. The summed E-state index contributed by atoms with van der Waals surface area (Å²) < 4.78 is 1.28. The fraction of sp³-hybridized carbons (Fsp3) is 0.321. The number of nitrogens with zero attached hydrogens (tertiary/aromatic N) is 4. The molecule has 2 aromatic heterocycles. The van der Waals surface area contributed by atoms with E-state index in [1.54, 1.807) is 59.1 Å². The second-order valence-electron chi connectivity index (χ2n) is 16.1. The molecular weight excluding hydrogens is 853 g/mol. The van der Waals surface area contributed by atoms with Crippen molar-refractivity contribution in [2.45, 2.75) is 85.5 Å². The largest absolute Gasteiger partial charge is 0.289 e. The molecule has 0 aliphatic heterocycles. The van der Waals surface area contributed by atoms with Gasteiger partial charge in [0, 0.05) is 75.6 Å². The van der Waals surface area contributed by atoms with Gasteiger partial charge in [-0.15, -0.1) is 46.2 Å². The van der Waals surface area contributed by atoms with E-state index < -0.39 is 0 Å². The molecule has 7 rings (SSSR count). The van der Waals surface area contributed by atoms with Crippen molar-refractivity contribution in [3.05, 3.63) is 130 Å². The zero-order valence-corrected chi connectivity index (χ0v) is 39.4. The van der Waals surface area contributed by atoms with Gasteiger partial charge in [0.25, 0.3) is 0 Å². The van der Waals surface area contributed by atoms with E-state index in [0.29, 0.717) is 56.4 Å². The zero-order chi connectivity index (χ0) is 44.6. The van der Waals surface area contributed by atoms with Gasteiger partial charge >= 0.3 is 0 Å². The highest BCUT2D eigenvalue weighted by molar-refractivity contribution is 8.22. The minimum Gasteiger partial charge on any atom is -0.289 e. The summed E-state index contributed by atoms with van der Waals surface area (Å²) in [6.07, 6.45) is 14.2. The number of allylic oxidation sites excluding steroid dienone is 6. The molecule has 3 aliphatic carbocycles. The van der Waals surface area contributed by atoms with E-state index in [1.807, 2.05) is 72.1 Å². The highest BCUT2D eigenvalue weighted by Gasteiger charge is 2.36. The smallest absolute Gasteiger partial charge is 0.194 e. The number of unbranched alkanes of at least 4 members (excludes halogenated alkanes) is 2. The number of rotatable bonds is 17. The molecule has 10 heteroatoms. The van der Waals surface area contributed by atoms with Gasteiger partial charge in [-0.3, -0.25) is 9.59 Å². The van der Waals surface area contributed by atoms with Crippen LogP contribution in [0.2, 0.25) is 0 Å². The predicted molar refractivity (Wildman–Crippen MR) is 264 cm³/mol. The van der Waals surface area contributed by atoms with Crippen molar-refractivity contribution in [3.8, 4) is 34.0 Å². The third kappa shape index (κ3) is 9.15. The first-order valence-electron chi connectivity index (χ1n) is 21.8. The number of carbonyl (C=O) groups is 2. The SMILES string of the molecule is CCCCC(CC)CSC(SCC(CCC)CCCC)=C1c2cc(/C=C3\C(=O)c4ccccc4C3=C(C#N)C#N)sc2-c2sc(/C=C3\C(=O)c4ccccc4C3=C(C#N)C#N)cc21. The summed E-state index contributed by atoms with van der Waals surface area (Å²) in [6, 6.07) is 26.8. The van der Waals surface area contributed by atoms with Crippen LogP contribution < -0.4 is 0 Å². The van der Waals surface area contributed by atoms with E-state index >= 15 is 0 Å². The summed E-state index contributed by atoms with van der Waals surface area (Å²) in [5.41, 5.74) is 6.72. The lowest BCUT2D eigenvalue weighted by Gasteiger charge is -2.20. The molecule has 0 saturated carbocycles. The topological polar surface area (TPSA) is 129 Å². The first-order valence-corrected chi connectivity index (χ1v) is 25.5. The van der Waals surface area contributed by atoms with E-state index in [4.69, 9.17) is 0 Å². The van der Waals surface area contributed by atoms with Crippen LogP contribution in [-0.4, -0.2) is 23.1 Å². The first-order chi connectivity index (χ1) is 30.7. The summed E-state index contributed by atoms with van der Waals surface area (Å²) in [7, 11) is 0. The average Bonchev–Trinajstić information content (AvgIpc) is 4.09. The second-order valence-corrected chi connectivity index (χ2v) is 20.6. The maximum atomic E-state index is 14.0. The fourth-order valence-corrected chi connectivity index (χ4v) is 14.1. The van der Waals surface area contributed by atoms with Crippen molar-refractivity contribution < 1.29 is 9.59 Å². The van der Waals surface area contributed by atoms with Gasteiger partial charge in [0.1, 0.15) is 35.4 Å². The van der Waals surface area contributed by atoms with E-state index in [0.717, 1.165) is 67.0 Å². The van der Waals surface area contributed by atoms with Crippen molar-refractivity contribution in [2.75, 3.05) is 11.5 Å². The maximum Gasteiger partial charge on any atom is 0.194 e. The second kappa shape index (κ2) is 20.8. The van der Waals surface area contributed by atoms with Gasteiger partial charge in [-0.2, -0.15) is 21.0 Å². The minimum atomic E-state index is -0.211. The maximum absolute atomic E-state index is 14.0. The molecule has 0 spiro atoms.